The maximum absolute atomic E-state index is 11.7. The number of rotatable bonds is 5. The maximum atomic E-state index is 11.7. The van der Waals surface area contributed by atoms with Crippen LogP contribution in [0.5, 0.6) is 0 Å². The number of halogens is 3. The van der Waals surface area contributed by atoms with Crippen molar-refractivity contribution in [2.24, 2.45) is 5.92 Å². The van der Waals surface area contributed by atoms with Crippen molar-refractivity contribution in [1.82, 2.24) is 0 Å². The highest BCUT2D eigenvalue weighted by Gasteiger charge is 2.28. The van der Waals surface area contributed by atoms with Crippen LogP contribution in [0.15, 0.2) is 0 Å². The molecule has 0 aromatic heterocycles. The van der Waals surface area contributed by atoms with Crippen LogP contribution in [0.2, 0.25) is 0 Å². The fourth-order valence-electron chi connectivity index (χ4n) is 1.23. The zero-order valence-electron chi connectivity index (χ0n) is 7.36. The fraction of sp³-hybridized carbons (Fsp3) is 0.889. The summed E-state index contributed by atoms with van der Waals surface area (Å²) in [5.41, 5.74) is 0. The van der Waals surface area contributed by atoms with Crippen LogP contribution < -0.4 is 0 Å². The maximum Gasteiger partial charge on any atom is 0.389 e. The Bertz CT molecular complexity index is 182. The lowest BCUT2D eigenvalue weighted by atomic mass is 10.1. The summed E-state index contributed by atoms with van der Waals surface area (Å²) in [6.45, 7) is 0. The summed E-state index contributed by atoms with van der Waals surface area (Å²) in [4.78, 5) is 11.0. The van der Waals surface area contributed by atoms with Gasteiger partial charge in [0.05, 0.1) is 0 Å². The molecule has 0 atom stereocenters. The Morgan fingerprint density at radius 3 is 2.38 bits per heavy atom. The second-order valence-electron chi connectivity index (χ2n) is 3.65. The Hall–Kier alpha value is -0.540. The molecule has 76 valence electrons. The third-order valence-corrected chi connectivity index (χ3v) is 2.13. The summed E-state index contributed by atoms with van der Waals surface area (Å²) in [7, 11) is 0. The van der Waals surface area contributed by atoms with Gasteiger partial charge >= 0.3 is 6.18 Å². The van der Waals surface area contributed by atoms with Gasteiger partial charge in [0.15, 0.2) is 0 Å². The zero-order valence-corrected chi connectivity index (χ0v) is 7.36. The second-order valence-corrected chi connectivity index (χ2v) is 3.65. The number of carbonyl (C=O) groups is 1. The van der Waals surface area contributed by atoms with E-state index in [2.05, 4.69) is 0 Å². The van der Waals surface area contributed by atoms with Crippen molar-refractivity contribution in [2.45, 2.75) is 44.7 Å². The van der Waals surface area contributed by atoms with Crippen LogP contribution in [-0.2, 0) is 4.79 Å². The standard InChI is InChI=1S/C9H13F3O/c10-9(11,12)5-1-2-8(13)6-7-3-4-7/h7H,1-6H2. The highest BCUT2D eigenvalue weighted by atomic mass is 19.4. The molecule has 0 heterocycles. The molecule has 0 spiro atoms. The lowest BCUT2D eigenvalue weighted by molar-refractivity contribution is -0.137. The average molecular weight is 194 g/mol. The third kappa shape index (κ3) is 5.66. The number of hydrogen-bond acceptors (Lipinski definition) is 1. The van der Waals surface area contributed by atoms with E-state index in [1.165, 1.54) is 0 Å². The van der Waals surface area contributed by atoms with Crippen LogP contribution >= 0.6 is 0 Å². The van der Waals surface area contributed by atoms with Crippen LogP contribution in [0, 0.1) is 5.92 Å². The average Bonchev–Trinajstić information content (AvgIpc) is 2.68. The van der Waals surface area contributed by atoms with E-state index in [1.54, 1.807) is 0 Å². The van der Waals surface area contributed by atoms with E-state index in [9.17, 15) is 18.0 Å². The molecule has 0 bridgehead atoms. The van der Waals surface area contributed by atoms with Gasteiger partial charge in [0, 0.05) is 19.3 Å². The van der Waals surface area contributed by atoms with Gasteiger partial charge in [-0.15, -0.1) is 0 Å². The van der Waals surface area contributed by atoms with Gasteiger partial charge < -0.3 is 0 Å². The van der Waals surface area contributed by atoms with Gasteiger partial charge in [0.2, 0.25) is 0 Å². The Labute approximate surface area is 75.3 Å². The summed E-state index contributed by atoms with van der Waals surface area (Å²) in [6, 6.07) is 0. The van der Waals surface area contributed by atoms with Crippen LogP contribution in [-0.4, -0.2) is 12.0 Å². The van der Waals surface area contributed by atoms with Crippen molar-refractivity contribution in [1.29, 1.82) is 0 Å². The number of ketones is 1. The summed E-state index contributed by atoms with van der Waals surface area (Å²) in [5, 5.41) is 0. The molecule has 0 N–H and O–H groups in total. The molecule has 13 heavy (non-hydrogen) atoms. The molecule has 0 radical (unpaired) electrons. The van der Waals surface area contributed by atoms with Crippen molar-refractivity contribution < 1.29 is 18.0 Å². The van der Waals surface area contributed by atoms with Gasteiger partial charge in [-0.1, -0.05) is 0 Å². The molecule has 0 aromatic rings. The normalized spacial score (nSPS) is 17.5. The summed E-state index contributed by atoms with van der Waals surface area (Å²) >= 11 is 0. The first-order chi connectivity index (χ1) is 5.97. The topological polar surface area (TPSA) is 17.1 Å². The van der Waals surface area contributed by atoms with E-state index < -0.39 is 12.6 Å². The number of Topliss-reactive ketones (excluding diaryl/α,β-unsaturated/α-hetero) is 1. The molecule has 1 rings (SSSR count). The van der Waals surface area contributed by atoms with E-state index in [-0.39, 0.29) is 18.6 Å². The van der Waals surface area contributed by atoms with E-state index in [1.807, 2.05) is 0 Å². The minimum atomic E-state index is -4.11. The largest absolute Gasteiger partial charge is 0.389 e. The summed E-state index contributed by atoms with van der Waals surface area (Å²) in [6.07, 6.45) is -2.25. The van der Waals surface area contributed by atoms with Gasteiger partial charge in [0.1, 0.15) is 5.78 Å². The highest BCUT2D eigenvalue weighted by molar-refractivity contribution is 5.78. The lowest BCUT2D eigenvalue weighted by Crippen LogP contribution is -2.08. The van der Waals surface area contributed by atoms with Crippen molar-refractivity contribution >= 4 is 5.78 Å². The number of carbonyl (C=O) groups excluding carboxylic acids is 1. The molecule has 0 amide bonds. The quantitative estimate of drug-likeness (QED) is 0.657. The first-order valence-corrected chi connectivity index (χ1v) is 4.56. The van der Waals surface area contributed by atoms with Crippen molar-refractivity contribution in [3.63, 3.8) is 0 Å². The molecule has 1 aliphatic carbocycles. The Morgan fingerprint density at radius 1 is 1.31 bits per heavy atom. The van der Waals surface area contributed by atoms with Gasteiger partial charge in [-0.3, -0.25) is 4.79 Å². The molecule has 0 aliphatic heterocycles. The van der Waals surface area contributed by atoms with Crippen LogP contribution in [0.1, 0.15) is 38.5 Å². The minimum Gasteiger partial charge on any atom is -0.300 e. The molecular formula is C9H13F3O. The molecular weight excluding hydrogens is 181 g/mol. The molecule has 1 aliphatic rings. The smallest absolute Gasteiger partial charge is 0.300 e. The van der Waals surface area contributed by atoms with E-state index in [0.717, 1.165) is 12.8 Å². The first-order valence-electron chi connectivity index (χ1n) is 4.56. The van der Waals surface area contributed by atoms with Gasteiger partial charge in [-0.05, 0) is 25.2 Å². The Balaban J connectivity index is 2.01. The lowest BCUT2D eigenvalue weighted by Gasteiger charge is -2.04. The SMILES string of the molecule is O=C(CCCC(F)(F)F)CC1CC1. The van der Waals surface area contributed by atoms with Crippen LogP contribution in [0.4, 0.5) is 13.2 Å². The molecule has 0 aromatic carbocycles. The van der Waals surface area contributed by atoms with Crippen molar-refractivity contribution in [2.75, 3.05) is 0 Å². The van der Waals surface area contributed by atoms with Gasteiger partial charge in [0.25, 0.3) is 0 Å². The molecule has 0 unspecified atom stereocenters. The fourth-order valence-corrected chi connectivity index (χ4v) is 1.23. The van der Waals surface area contributed by atoms with Crippen LogP contribution in [0.3, 0.4) is 0 Å². The molecule has 1 nitrogen and oxygen atoms in total. The number of alkyl halides is 3. The molecule has 0 saturated heterocycles. The third-order valence-electron chi connectivity index (χ3n) is 2.13. The summed E-state index contributed by atoms with van der Waals surface area (Å²) in [5.74, 6) is 0.477. The van der Waals surface area contributed by atoms with Gasteiger partial charge in [-0.2, -0.15) is 13.2 Å². The zero-order chi connectivity index (χ0) is 9.90. The van der Waals surface area contributed by atoms with Crippen LogP contribution in [0.25, 0.3) is 0 Å². The van der Waals surface area contributed by atoms with E-state index in [0.29, 0.717) is 12.3 Å². The van der Waals surface area contributed by atoms with E-state index >= 15 is 0 Å². The Morgan fingerprint density at radius 2 is 1.92 bits per heavy atom. The number of hydrogen-bond donors (Lipinski definition) is 0. The van der Waals surface area contributed by atoms with Crippen molar-refractivity contribution in [3.8, 4) is 0 Å². The molecule has 1 fully saturated rings. The van der Waals surface area contributed by atoms with E-state index in [4.69, 9.17) is 0 Å². The summed E-state index contributed by atoms with van der Waals surface area (Å²) < 4.78 is 35.0. The first kappa shape index (κ1) is 10.5. The molecule has 4 heteroatoms. The predicted molar refractivity (Wildman–Crippen MR) is 42.3 cm³/mol. The Kier molecular flexibility index (Phi) is 3.33. The predicted octanol–water partition coefficient (Wildman–Crippen LogP) is 3.09. The molecule has 1 saturated carbocycles. The van der Waals surface area contributed by atoms with Crippen molar-refractivity contribution in [3.05, 3.63) is 0 Å². The van der Waals surface area contributed by atoms with Gasteiger partial charge in [-0.25, -0.2) is 0 Å². The minimum absolute atomic E-state index is 0.00764. The second kappa shape index (κ2) is 4.11. The highest BCUT2D eigenvalue weighted by Crippen LogP contribution is 2.33. The monoisotopic (exact) mass is 194 g/mol.